The van der Waals surface area contributed by atoms with Crippen molar-refractivity contribution in [3.05, 3.63) is 174 Å². The van der Waals surface area contributed by atoms with Gasteiger partial charge < -0.3 is 18.7 Å². The zero-order chi connectivity index (χ0) is 35.9. The Labute approximate surface area is 332 Å². The van der Waals surface area contributed by atoms with Crippen LogP contribution in [0, 0.1) is 26.0 Å². The number of para-hydroxylation sites is 1. The number of ether oxygens (including phenoxy) is 1. The van der Waals surface area contributed by atoms with Gasteiger partial charge in [-0.15, -0.1) is 17.5 Å². The molecule has 0 fully saturated rings. The standard InChI is InChI=1S/C49H33N3O2.Pt/c1-29-20-47(51-27-30(29)2)52-44-15-9-8-14-39(44)40-18-17-36(26-45(40)52)53-37-24-41(43-23-34-21-33(22-35(34)28-50-43)31-10-4-3-5-11-31)49-42(25-37)48-38-13-7-6-12-32(38)16-19-46(48)54-49;/h3-20,23,25,27-28,33H,21-22H2,1-2H3;/q-2;+2. The minimum atomic E-state index is 0. The molecule has 5 nitrogen and oxygen atoms in total. The molecule has 1 atom stereocenters. The second-order valence-electron chi connectivity index (χ2n) is 14.5. The summed E-state index contributed by atoms with van der Waals surface area (Å²) in [7, 11) is 0. The van der Waals surface area contributed by atoms with Crippen LogP contribution in [0.15, 0.2) is 138 Å². The summed E-state index contributed by atoms with van der Waals surface area (Å²) < 4.78 is 15.6. The first-order valence-electron chi connectivity index (χ1n) is 18.5. The minimum Gasteiger partial charge on any atom is -0.503 e. The molecule has 1 aliphatic rings. The third-order valence-electron chi connectivity index (χ3n) is 11.3. The SMILES string of the molecule is Cc1cnc(-n2c3[c-]c(Oc4[c-]c(-c5cc6c(cn5)CC(c5ccccc5)C6)c5oc6ccc7ccccc7c6c5c4)ccc3c3ccccc32)cc1C.[Pt+2]. The van der Waals surface area contributed by atoms with Crippen LogP contribution < -0.4 is 4.74 Å². The summed E-state index contributed by atoms with van der Waals surface area (Å²) in [5.41, 5.74) is 11.5. The molecule has 0 N–H and O–H groups in total. The third-order valence-corrected chi connectivity index (χ3v) is 11.3. The molecule has 0 spiro atoms. The van der Waals surface area contributed by atoms with Crippen LogP contribution in [0.1, 0.15) is 33.7 Å². The molecule has 0 saturated carbocycles. The Hall–Kier alpha value is -6.03. The van der Waals surface area contributed by atoms with Crippen molar-refractivity contribution < 1.29 is 30.2 Å². The minimum absolute atomic E-state index is 0. The maximum atomic E-state index is 6.77. The first-order valence-corrected chi connectivity index (χ1v) is 18.5. The second-order valence-corrected chi connectivity index (χ2v) is 14.5. The molecule has 0 bridgehead atoms. The van der Waals surface area contributed by atoms with Crippen LogP contribution in [-0.4, -0.2) is 14.5 Å². The molecular formula is C49H33N3O2Pt. The van der Waals surface area contributed by atoms with E-state index in [9.17, 15) is 0 Å². The van der Waals surface area contributed by atoms with E-state index in [0.29, 0.717) is 17.4 Å². The van der Waals surface area contributed by atoms with Gasteiger partial charge in [0.15, 0.2) is 0 Å². The summed E-state index contributed by atoms with van der Waals surface area (Å²) in [4.78, 5) is 9.89. The van der Waals surface area contributed by atoms with E-state index in [2.05, 4.69) is 140 Å². The molecule has 1 aliphatic carbocycles. The topological polar surface area (TPSA) is 53.1 Å². The van der Waals surface area contributed by atoms with Crippen molar-refractivity contribution in [2.75, 3.05) is 0 Å². The molecule has 6 heteroatoms. The maximum Gasteiger partial charge on any atom is 2.00 e. The van der Waals surface area contributed by atoms with Crippen LogP contribution in [0.2, 0.25) is 0 Å². The fraction of sp³-hybridized carbons (Fsp3) is 0.102. The average Bonchev–Trinajstić information content (AvgIpc) is 3.91. The summed E-state index contributed by atoms with van der Waals surface area (Å²) in [6.07, 6.45) is 5.93. The van der Waals surface area contributed by atoms with Gasteiger partial charge in [0, 0.05) is 34.8 Å². The van der Waals surface area contributed by atoms with E-state index < -0.39 is 0 Å². The van der Waals surface area contributed by atoms with E-state index in [1.165, 1.54) is 22.3 Å². The maximum absolute atomic E-state index is 6.77. The Morgan fingerprint density at radius 3 is 2.35 bits per heavy atom. The molecule has 0 radical (unpaired) electrons. The molecule has 1 unspecified atom stereocenters. The van der Waals surface area contributed by atoms with E-state index in [4.69, 9.17) is 19.1 Å². The number of aryl methyl sites for hydroxylation is 2. The number of aromatic nitrogens is 3. The van der Waals surface area contributed by atoms with Crippen molar-refractivity contribution in [3.8, 4) is 28.6 Å². The number of furan rings is 1. The molecule has 11 rings (SSSR count). The van der Waals surface area contributed by atoms with Crippen molar-refractivity contribution in [1.29, 1.82) is 0 Å². The van der Waals surface area contributed by atoms with Gasteiger partial charge in [-0.25, -0.2) is 4.98 Å². The number of hydrogen-bond donors (Lipinski definition) is 0. The second kappa shape index (κ2) is 13.1. The van der Waals surface area contributed by atoms with Gasteiger partial charge in [0.05, 0.1) is 5.58 Å². The number of rotatable bonds is 5. The van der Waals surface area contributed by atoms with Crippen molar-refractivity contribution >= 4 is 54.5 Å². The first-order chi connectivity index (χ1) is 26.6. The smallest absolute Gasteiger partial charge is 0.503 e. The van der Waals surface area contributed by atoms with Crippen LogP contribution >= 0.6 is 0 Å². The molecule has 4 heterocycles. The molecule has 4 aromatic heterocycles. The normalized spacial score (nSPS) is 13.9. The van der Waals surface area contributed by atoms with Crippen LogP contribution in [0.5, 0.6) is 11.5 Å². The Balaban J connectivity index is 0.00000372. The first kappa shape index (κ1) is 33.5. The van der Waals surface area contributed by atoms with E-state index in [-0.39, 0.29) is 21.1 Å². The van der Waals surface area contributed by atoms with E-state index in [1.54, 1.807) is 0 Å². The van der Waals surface area contributed by atoms with Gasteiger partial charge in [0.2, 0.25) is 0 Å². The number of nitrogens with zero attached hydrogens (tertiary/aromatic N) is 3. The summed E-state index contributed by atoms with van der Waals surface area (Å²) >= 11 is 0. The van der Waals surface area contributed by atoms with Crippen molar-refractivity contribution in [3.63, 3.8) is 0 Å². The zero-order valence-corrected chi connectivity index (χ0v) is 32.4. The van der Waals surface area contributed by atoms with E-state index >= 15 is 0 Å². The van der Waals surface area contributed by atoms with Gasteiger partial charge in [-0.3, -0.25) is 0 Å². The Kier molecular flexibility index (Phi) is 7.97. The van der Waals surface area contributed by atoms with Gasteiger partial charge in [-0.05, 0) is 100 Å². The summed E-state index contributed by atoms with van der Waals surface area (Å²) in [6.45, 7) is 4.21. The van der Waals surface area contributed by atoms with Crippen LogP contribution in [0.25, 0.3) is 71.6 Å². The van der Waals surface area contributed by atoms with E-state index in [1.807, 2.05) is 24.5 Å². The Morgan fingerprint density at radius 1 is 0.673 bits per heavy atom. The predicted molar refractivity (Wildman–Crippen MR) is 217 cm³/mol. The van der Waals surface area contributed by atoms with Crippen LogP contribution in [-0.2, 0) is 33.9 Å². The monoisotopic (exact) mass is 890 g/mol. The summed E-state index contributed by atoms with van der Waals surface area (Å²) in [5.74, 6) is 2.44. The molecule has 0 aliphatic heterocycles. The molecular weight excluding hydrogens is 858 g/mol. The molecule has 55 heavy (non-hydrogen) atoms. The molecule has 6 aromatic carbocycles. The number of fused-ring (bicyclic) bond motifs is 9. The van der Waals surface area contributed by atoms with Crippen LogP contribution in [0.4, 0.5) is 0 Å². The van der Waals surface area contributed by atoms with Crippen molar-refractivity contribution in [2.24, 2.45) is 0 Å². The number of hydrogen-bond acceptors (Lipinski definition) is 4. The van der Waals surface area contributed by atoms with Crippen molar-refractivity contribution in [2.45, 2.75) is 32.6 Å². The Bertz CT molecular complexity index is 3130. The summed E-state index contributed by atoms with van der Waals surface area (Å²) in [5, 5.41) is 6.51. The van der Waals surface area contributed by atoms with Gasteiger partial charge in [0.1, 0.15) is 11.4 Å². The molecule has 266 valence electrons. The fourth-order valence-corrected chi connectivity index (χ4v) is 8.42. The number of pyridine rings is 2. The largest absolute Gasteiger partial charge is 2.00 e. The van der Waals surface area contributed by atoms with E-state index in [0.717, 1.165) is 90.0 Å². The fourth-order valence-electron chi connectivity index (χ4n) is 8.42. The van der Waals surface area contributed by atoms with Gasteiger partial charge in [0.25, 0.3) is 0 Å². The quantitative estimate of drug-likeness (QED) is 0.162. The molecule has 0 saturated heterocycles. The van der Waals surface area contributed by atoms with Gasteiger partial charge >= 0.3 is 21.1 Å². The predicted octanol–water partition coefficient (Wildman–Crippen LogP) is 12.2. The third kappa shape index (κ3) is 5.48. The van der Waals surface area contributed by atoms with Gasteiger partial charge in [-0.2, -0.15) is 6.07 Å². The number of benzene rings is 6. The average molecular weight is 891 g/mol. The van der Waals surface area contributed by atoms with Gasteiger partial charge in [-0.1, -0.05) is 114 Å². The summed E-state index contributed by atoms with van der Waals surface area (Å²) in [6, 6.07) is 49.6. The zero-order valence-electron chi connectivity index (χ0n) is 30.2. The Morgan fingerprint density at radius 2 is 1.47 bits per heavy atom. The van der Waals surface area contributed by atoms with Crippen LogP contribution in [0.3, 0.4) is 0 Å². The molecule has 0 amide bonds. The molecule has 10 aromatic rings. The van der Waals surface area contributed by atoms with Crippen molar-refractivity contribution in [1.82, 2.24) is 14.5 Å².